The number of nitrogens with one attached hydrogen (secondary N) is 3. The van der Waals surface area contributed by atoms with Gasteiger partial charge in [0.05, 0.1) is 28.4 Å². The summed E-state index contributed by atoms with van der Waals surface area (Å²) in [6, 6.07) is 12.9. The van der Waals surface area contributed by atoms with Crippen LogP contribution in [0.1, 0.15) is 34.1 Å². The van der Waals surface area contributed by atoms with Gasteiger partial charge in [0, 0.05) is 18.4 Å². The number of aromatic nitrogens is 5. The van der Waals surface area contributed by atoms with E-state index >= 15 is 0 Å². The molecule has 37 heavy (non-hydrogen) atoms. The van der Waals surface area contributed by atoms with Gasteiger partial charge in [-0.15, -0.1) is 0 Å². The average Bonchev–Trinajstić information content (AvgIpc) is 3.35. The number of benzene rings is 1. The number of H-pyrrole nitrogens is 1. The molecule has 5 aromatic rings. The second-order valence-electron chi connectivity index (χ2n) is 8.33. The normalized spacial score (nSPS) is 11.0. The summed E-state index contributed by atoms with van der Waals surface area (Å²) in [7, 11) is 0. The van der Waals surface area contributed by atoms with Crippen LogP contribution in [0.5, 0.6) is 0 Å². The van der Waals surface area contributed by atoms with Crippen molar-refractivity contribution in [1.82, 2.24) is 24.9 Å². The van der Waals surface area contributed by atoms with Crippen molar-refractivity contribution in [1.29, 1.82) is 0 Å². The van der Waals surface area contributed by atoms with Crippen LogP contribution >= 0.6 is 0 Å². The van der Waals surface area contributed by atoms with Crippen molar-refractivity contribution >= 4 is 34.1 Å². The molecule has 3 N–H and O–H groups in total. The first-order valence-electron chi connectivity index (χ1n) is 11.8. The van der Waals surface area contributed by atoms with Gasteiger partial charge >= 0.3 is 0 Å². The maximum absolute atomic E-state index is 15.0. The van der Waals surface area contributed by atoms with Gasteiger partial charge in [0.1, 0.15) is 29.4 Å². The lowest BCUT2D eigenvalue weighted by Gasteiger charge is -2.09. The van der Waals surface area contributed by atoms with Crippen LogP contribution in [0, 0.1) is 11.8 Å². The number of rotatable bonds is 9. The van der Waals surface area contributed by atoms with Crippen molar-refractivity contribution in [2.24, 2.45) is 0 Å². The molecule has 8 nitrogen and oxygen atoms in total. The van der Waals surface area contributed by atoms with Crippen molar-refractivity contribution < 1.29 is 13.6 Å². The van der Waals surface area contributed by atoms with Crippen LogP contribution in [0.3, 0.4) is 0 Å². The van der Waals surface area contributed by atoms with Crippen molar-refractivity contribution in [3.8, 4) is 0 Å². The van der Waals surface area contributed by atoms with Crippen LogP contribution in [0.4, 0.5) is 26.1 Å². The Labute approximate surface area is 211 Å². The quantitative estimate of drug-likeness (QED) is 0.189. The van der Waals surface area contributed by atoms with Gasteiger partial charge in [0.25, 0.3) is 0 Å². The highest BCUT2D eigenvalue weighted by molar-refractivity contribution is 6.18. The van der Waals surface area contributed by atoms with Gasteiger partial charge in [-0.05, 0) is 54.8 Å². The molecule has 1 aromatic carbocycles. The maximum atomic E-state index is 15.0. The zero-order valence-corrected chi connectivity index (χ0v) is 19.9. The van der Waals surface area contributed by atoms with Gasteiger partial charge in [0.2, 0.25) is 5.95 Å². The van der Waals surface area contributed by atoms with Gasteiger partial charge in [0.15, 0.2) is 5.78 Å². The van der Waals surface area contributed by atoms with E-state index in [4.69, 9.17) is 0 Å². The molecule has 0 aliphatic rings. The molecule has 0 amide bonds. The van der Waals surface area contributed by atoms with E-state index in [0.29, 0.717) is 35.5 Å². The van der Waals surface area contributed by atoms with E-state index in [9.17, 15) is 13.6 Å². The molecular weight excluding hydrogens is 476 g/mol. The van der Waals surface area contributed by atoms with Crippen LogP contribution in [0.25, 0.3) is 11.0 Å². The highest BCUT2D eigenvalue weighted by Crippen LogP contribution is 2.27. The number of hydrogen-bond acceptors (Lipinski definition) is 7. The van der Waals surface area contributed by atoms with Gasteiger partial charge in [-0.1, -0.05) is 19.1 Å². The Hall–Kier alpha value is -4.73. The highest BCUT2D eigenvalue weighted by atomic mass is 19.1. The van der Waals surface area contributed by atoms with Crippen LogP contribution in [-0.4, -0.2) is 37.2 Å². The van der Waals surface area contributed by atoms with Crippen LogP contribution < -0.4 is 10.6 Å². The molecule has 0 unspecified atom stereocenters. The summed E-state index contributed by atoms with van der Waals surface area (Å²) in [5.74, 6) is -1.05. The minimum absolute atomic E-state index is 0.174. The van der Waals surface area contributed by atoms with Gasteiger partial charge < -0.3 is 15.6 Å². The number of fused-ring (bicyclic) bond motifs is 1. The molecule has 0 bridgehead atoms. The van der Waals surface area contributed by atoms with Crippen molar-refractivity contribution in [3.63, 3.8) is 0 Å². The van der Waals surface area contributed by atoms with Gasteiger partial charge in [-0.25, -0.2) is 19.3 Å². The molecule has 186 valence electrons. The topological polar surface area (TPSA) is 108 Å². The Morgan fingerprint density at radius 1 is 0.973 bits per heavy atom. The molecule has 0 saturated carbocycles. The highest BCUT2D eigenvalue weighted by Gasteiger charge is 2.22. The Morgan fingerprint density at radius 2 is 1.81 bits per heavy atom. The Balaban J connectivity index is 1.35. The summed E-state index contributed by atoms with van der Waals surface area (Å²) in [6.07, 6.45) is 5.93. The van der Waals surface area contributed by atoms with Crippen LogP contribution in [-0.2, 0) is 12.8 Å². The van der Waals surface area contributed by atoms with Crippen molar-refractivity contribution in [3.05, 3.63) is 101 Å². The molecule has 0 saturated heterocycles. The zero-order valence-electron chi connectivity index (χ0n) is 19.9. The van der Waals surface area contributed by atoms with E-state index < -0.39 is 11.7 Å². The summed E-state index contributed by atoms with van der Waals surface area (Å²) in [5, 5.41) is 6.65. The second kappa shape index (κ2) is 10.5. The minimum atomic E-state index is -0.898. The first-order chi connectivity index (χ1) is 18.0. The smallest absolute Gasteiger partial charge is 0.226 e. The molecule has 4 aromatic heterocycles. The third-order valence-electron chi connectivity index (χ3n) is 5.89. The molecule has 0 atom stereocenters. The standard InChI is InChI=1S/C27H23F2N7O/c1-2-18-7-8-19(13-31-18)35-22-10-9-20(25(29)36-22)24(37)21-14-32-27-23(21)26(33-15-34-27)30-12-11-16-3-5-17(28)6-4-16/h3-10,13-15H,2,11-12H2,1H3,(H,35,36)(H2,30,32,33,34). The maximum Gasteiger partial charge on any atom is 0.226 e. The number of aryl methyl sites for hydroxylation is 1. The first-order valence-corrected chi connectivity index (χ1v) is 11.8. The number of hydrogen-bond donors (Lipinski definition) is 3. The number of halogens is 2. The van der Waals surface area contributed by atoms with Crippen molar-refractivity contribution in [2.75, 3.05) is 17.2 Å². The largest absolute Gasteiger partial charge is 0.369 e. The number of carbonyl (C=O) groups is 1. The summed E-state index contributed by atoms with van der Waals surface area (Å²) >= 11 is 0. The minimum Gasteiger partial charge on any atom is -0.369 e. The van der Waals surface area contributed by atoms with E-state index in [1.807, 2.05) is 19.1 Å². The second-order valence-corrected chi connectivity index (χ2v) is 8.33. The predicted octanol–water partition coefficient (Wildman–Crippen LogP) is 5.22. The van der Waals surface area contributed by atoms with E-state index in [-0.39, 0.29) is 22.8 Å². The molecule has 10 heteroatoms. The summed E-state index contributed by atoms with van der Waals surface area (Å²) in [4.78, 5) is 32.9. The molecule has 0 spiro atoms. The molecular formula is C27H23F2N7O. The fourth-order valence-corrected chi connectivity index (χ4v) is 3.93. The van der Waals surface area contributed by atoms with Gasteiger partial charge in [-0.2, -0.15) is 4.39 Å². The number of aromatic amines is 1. The number of pyridine rings is 2. The molecule has 4 heterocycles. The zero-order chi connectivity index (χ0) is 25.8. The Morgan fingerprint density at radius 3 is 2.54 bits per heavy atom. The fourth-order valence-electron chi connectivity index (χ4n) is 3.93. The van der Waals surface area contributed by atoms with E-state index in [1.165, 1.54) is 36.8 Å². The lowest BCUT2D eigenvalue weighted by molar-refractivity contribution is 0.103. The SMILES string of the molecule is CCc1ccc(Nc2ccc(C(=O)c3c[nH]c4ncnc(NCCc5ccc(F)cc5)c34)c(F)n2)cn1. The average molecular weight is 500 g/mol. The molecule has 5 rings (SSSR count). The third-order valence-corrected chi connectivity index (χ3v) is 5.89. The number of anilines is 3. The molecule has 0 aliphatic carbocycles. The molecule has 0 aliphatic heterocycles. The van der Waals surface area contributed by atoms with E-state index in [2.05, 4.69) is 35.6 Å². The van der Waals surface area contributed by atoms with Crippen molar-refractivity contribution in [2.45, 2.75) is 19.8 Å². The van der Waals surface area contributed by atoms with E-state index in [1.54, 1.807) is 18.3 Å². The Kier molecular flexibility index (Phi) is 6.80. The lowest BCUT2D eigenvalue weighted by Crippen LogP contribution is -2.10. The predicted molar refractivity (Wildman–Crippen MR) is 137 cm³/mol. The summed E-state index contributed by atoms with van der Waals surface area (Å²) in [6.45, 7) is 2.50. The number of nitrogens with zero attached hydrogens (tertiary/aromatic N) is 4. The third kappa shape index (κ3) is 5.27. The van der Waals surface area contributed by atoms with Crippen LogP contribution in [0.2, 0.25) is 0 Å². The lowest BCUT2D eigenvalue weighted by atomic mass is 10.0. The summed E-state index contributed by atoms with van der Waals surface area (Å²) in [5.41, 5.74) is 3.04. The molecule has 0 radical (unpaired) electrons. The number of ketones is 1. The summed E-state index contributed by atoms with van der Waals surface area (Å²) < 4.78 is 28.1. The fraction of sp³-hybridized carbons (Fsp3) is 0.148. The van der Waals surface area contributed by atoms with Crippen LogP contribution in [0.15, 0.2) is 67.3 Å². The van der Waals surface area contributed by atoms with Gasteiger partial charge in [-0.3, -0.25) is 9.78 Å². The first kappa shape index (κ1) is 24.0. The molecule has 0 fully saturated rings. The number of carbonyl (C=O) groups excluding carboxylic acids is 1. The van der Waals surface area contributed by atoms with E-state index in [0.717, 1.165) is 17.7 Å². The Bertz CT molecular complexity index is 1550. The monoisotopic (exact) mass is 499 g/mol.